The zero-order valence-electron chi connectivity index (χ0n) is 13.9. The van der Waals surface area contributed by atoms with Gasteiger partial charge in [-0.1, -0.05) is 0 Å². The van der Waals surface area contributed by atoms with Gasteiger partial charge in [-0.05, 0) is 59.3 Å². The first-order valence-corrected chi connectivity index (χ1v) is 7.84. The predicted octanol–water partition coefficient (Wildman–Crippen LogP) is 3.22. The van der Waals surface area contributed by atoms with Crippen molar-refractivity contribution in [2.75, 3.05) is 5.73 Å². The predicted molar refractivity (Wildman–Crippen MR) is 91.3 cm³/mol. The maximum Gasteiger partial charge on any atom is 0.280 e. The molecule has 27 heavy (non-hydrogen) atoms. The highest BCUT2D eigenvalue weighted by molar-refractivity contribution is 5.90. The molecule has 0 saturated heterocycles. The van der Waals surface area contributed by atoms with E-state index in [0.29, 0.717) is 28.1 Å². The lowest BCUT2D eigenvalue weighted by Crippen LogP contribution is -2.06. The van der Waals surface area contributed by atoms with Gasteiger partial charge in [-0.25, -0.2) is 18.2 Å². The number of hydrogen-bond donors (Lipinski definition) is 1. The molecule has 10 heteroatoms. The third kappa shape index (κ3) is 2.94. The van der Waals surface area contributed by atoms with Crippen LogP contribution in [-0.4, -0.2) is 30.0 Å². The minimum Gasteiger partial charge on any atom is -0.368 e. The van der Waals surface area contributed by atoms with Crippen LogP contribution < -0.4 is 5.73 Å². The van der Waals surface area contributed by atoms with Crippen LogP contribution in [0.3, 0.4) is 0 Å². The van der Waals surface area contributed by atoms with Gasteiger partial charge in [-0.2, -0.15) is 4.52 Å². The molecule has 7 nitrogen and oxygen atoms in total. The molecule has 3 heterocycles. The zero-order valence-corrected chi connectivity index (χ0v) is 13.9. The molecule has 0 unspecified atom stereocenters. The van der Waals surface area contributed by atoms with E-state index < -0.39 is 12.2 Å². The Morgan fingerprint density at radius 2 is 1.78 bits per heavy atom. The highest BCUT2D eigenvalue weighted by Gasteiger charge is 2.21. The maximum absolute atomic E-state index is 13.3. The minimum atomic E-state index is -2.74. The van der Waals surface area contributed by atoms with Gasteiger partial charge >= 0.3 is 0 Å². The molecule has 4 rings (SSSR count). The fourth-order valence-electron chi connectivity index (χ4n) is 2.85. The first-order chi connectivity index (χ1) is 12.9. The molecule has 0 radical (unpaired) electrons. The molecule has 0 saturated carbocycles. The van der Waals surface area contributed by atoms with E-state index in [2.05, 4.69) is 25.5 Å². The second-order valence-corrected chi connectivity index (χ2v) is 5.84. The fourth-order valence-corrected chi connectivity index (χ4v) is 2.85. The number of benzene rings is 1. The van der Waals surface area contributed by atoms with E-state index in [1.165, 1.54) is 34.8 Å². The van der Waals surface area contributed by atoms with E-state index in [9.17, 15) is 13.2 Å². The van der Waals surface area contributed by atoms with E-state index in [4.69, 9.17) is 5.73 Å². The lowest BCUT2D eigenvalue weighted by molar-refractivity contribution is 0.146. The van der Waals surface area contributed by atoms with Crippen molar-refractivity contribution < 1.29 is 13.2 Å². The topological polar surface area (TPSA) is 94.9 Å². The number of nitrogen functional groups attached to an aromatic ring is 1. The quantitative estimate of drug-likeness (QED) is 0.594. The van der Waals surface area contributed by atoms with Gasteiger partial charge in [-0.15, -0.1) is 5.10 Å². The molecule has 4 aromatic rings. The van der Waals surface area contributed by atoms with E-state index in [-0.39, 0.29) is 17.3 Å². The number of aromatic nitrogens is 6. The third-order valence-corrected chi connectivity index (χ3v) is 3.98. The number of tetrazole rings is 1. The second-order valence-electron chi connectivity index (χ2n) is 5.84. The van der Waals surface area contributed by atoms with E-state index >= 15 is 0 Å². The van der Waals surface area contributed by atoms with Crippen LogP contribution in [0.1, 0.15) is 17.8 Å². The number of halogens is 3. The number of anilines is 1. The van der Waals surface area contributed by atoms with E-state index in [1.54, 1.807) is 13.0 Å². The summed E-state index contributed by atoms with van der Waals surface area (Å²) in [7, 11) is 0. The maximum atomic E-state index is 13.3. The minimum absolute atomic E-state index is 0.0120. The molecule has 0 aliphatic rings. The summed E-state index contributed by atoms with van der Waals surface area (Å²) < 4.78 is 41.0. The Bertz CT molecular complexity index is 1140. The van der Waals surface area contributed by atoms with Crippen molar-refractivity contribution >= 4 is 11.6 Å². The average molecular weight is 371 g/mol. The Morgan fingerprint density at radius 1 is 1.04 bits per heavy atom. The van der Waals surface area contributed by atoms with Crippen LogP contribution in [0.2, 0.25) is 0 Å². The lowest BCUT2D eigenvalue weighted by Gasteiger charge is -2.13. The van der Waals surface area contributed by atoms with Crippen molar-refractivity contribution in [1.29, 1.82) is 0 Å². The van der Waals surface area contributed by atoms with Gasteiger partial charge in [0.1, 0.15) is 11.5 Å². The number of aryl methyl sites for hydroxylation is 1. The van der Waals surface area contributed by atoms with Gasteiger partial charge in [0.2, 0.25) is 5.95 Å². The Labute approximate surface area is 150 Å². The highest BCUT2D eigenvalue weighted by atomic mass is 19.3. The second kappa shape index (κ2) is 6.31. The van der Waals surface area contributed by atoms with Gasteiger partial charge < -0.3 is 5.73 Å². The molecule has 0 fully saturated rings. The summed E-state index contributed by atoms with van der Waals surface area (Å²) in [5.74, 6) is -0.406. The number of pyridine rings is 1. The highest BCUT2D eigenvalue weighted by Crippen LogP contribution is 2.35. The number of hydrogen-bond acceptors (Lipinski definition) is 6. The summed E-state index contributed by atoms with van der Waals surface area (Å²) >= 11 is 0. The van der Waals surface area contributed by atoms with Crippen LogP contribution >= 0.6 is 0 Å². The first kappa shape index (κ1) is 16.9. The van der Waals surface area contributed by atoms with Gasteiger partial charge in [0.15, 0.2) is 5.65 Å². The normalized spacial score (nSPS) is 11.4. The molecular formula is C17H12F3N7. The van der Waals surface area contributed by atoms with Crippen molar-refractivity contribution in [2.45, 2.75) is 13.3 Å². The van der Waals surface area contributed by atoms with Crippen LogP contribution in [0.5, 0.6) is 0 Å². The summed E-state index contributed by atoms with van der Waals surface area (Å²) in [4.78, 5) is 8.18. The third-order valence-electron chi connectivity index (χ3n) is 3.98. The Hall–Kier alpha value is -3.56. The molecule has 0 aliphatic carbocycles. The average Bonchev–Trinajstić information content (AvgIpc) is 3.12. The number of fused-ring (bicyclic) bond motifs is 1. The SMILES string of the molecule is Cc1cc(-c2c(-c3ccc(F)cc3)nc(N)n3nnnc23)cc(C(F)F)n1. The fraction of sp³-hybridized carbons (Fsp3) is 0.118. The van der Waals surface area contributed by atoms with Crippen LogP contribution in [-0.2, 0) is 0 Å². The molecular weight excluding hydrogens is 359 g/mol. The Balaban J connectivity index is 2.07. The molecule has 0 atom stereocenters. The molecule has 0 bridgehead atoms. The van der Waals surface area contributed by atoms with Crippen LogP contribution in [0.4, 0.5) is 19.1 Å². The number of nitrogens with zero attached hydrogens (tertiary/aromatic N) is 6. The van der Waals surface area contributed by atoms with Crippen molar-refractivity contribution in [3.05, 3.63) is 53.6 Å². The van der Waals surface area contributed by atoms with E-state index in [0.717, 1.165) is 0 Å². The van der Waals surface area contributed by atoms with E-state index in [1.807, 2.05) is 0 Å². The molecule has 0 spiro atoms. The first-order valence-electron chi connectivity index (χ1n) is 7.84. The van der Waals surface area contributed by atoms with Gasteiger partial charge in [0, 0.05) is 11.3 Å². The summed E-state index contributed by atoms with van der Waals surface area (Å²) in [5.41, 5.74) is 7.88. The standard InChI is InChI=1S/C17H12F3N7/c1-8-6-10(7-12(22-8)15(19)20)13-14(9-2-4-11(18)5-3-9)23-17(21)27-16(13)24-25-26-27/h2-7,15H,1H3,(H2,21,23). The molecule has 136 valence electrons. The largest absolute Gasteiger partial charge is 0.368 e. The van der Waals surface area contributed by atoms with Crippen LogP contribution in [0, 0.1) is 12.7 Å². The van der Waals surface area contributed by atoms with Crippen LogP contribution in [0.15, 0.2) is 36.4 Å². The molecule has 0 aliphatic heterocycles. The summed E-state index contributed by atoms with van der Waals surface area (Å²) in [5, 5.41) is 11.3. The lowest BCUT2D eigenvalue weighted by atomic mass is 9.99. The van der Waals surface area contributed by atoms with Gasteiger partial charge in [0.05, 0.1) is 11.3 Å². The van der Waals surface area contributed by atoms with Crippen molar-refractivity contribution in [2.24, 2.45) is 0 Å². The Morgan fingerprint density at radius 3 is 2.48 bits per heavy atom. The zero-order chi connectivity index (χ0) is 19.1. The van der Waals surface area contributed by atoms with Gasteiger partial charge in [-0.3, -0.25) is 4.98 Å². The van der Waals surface area contributed by atoms with Crippen molar-refractivity contribution in [3.63, 3.8) is 0 Å². The smallest absolute Gasteiger partial charge is 0.280 e. The molecule has 1 aromatic carbocycles. The monoisotopic (exact) mass is 371 g/mol. The molecule has 3 aromatic heterocycles. The number of rotatable bonds is 3. The molecule has 0 amide bonds. The molecule has 2 N–H and O–H groups in total. The van der Waals surface area contributed by atoms with Crippen LogP contribution in [0.25, 0.3) is 28.0 Å². The summed E-state index contributed by atoms with van der Waals surface area (Å²) in [6.45, 7) is 1.61. The summed E-state index contributed by atoms with van der Waals surface area (Å²) in [6, 6.07) is 8.45. The Kier molecular flexibility index (Phi) is 3.94. The van der Waals surface area contributed by atoms with Crippen molar-refractivity contribution in [1.82, 2.24) is 30.0 Å². The number of alkyl halides is 2. The number of nitrogens with two attached hydrogens (primary N) is 1. The van der Waals surface area contributed by atoms with Gasteiger partial charge in [0.25, 0.3) is 6.43 Å². The summed E-state index contributed by atoms with van der Waals surface area (Å²) in [6.07, 6.45) is -2.74. The van der Waals surface area contributed by atoms with Crippen molar-refractivity contribution in [3.8, 4) is 22.4 Å².